The van der Waals surface area contributed by atoms with Gasteiger partial charge in [-0.05, 0) is 49.7 Å². The van der Waals surface area contributed by atoms with Crippen LogP contribution in [0, 0.1) is 17.7 Å². The van der Waals surface area contributed by atoms with E-state index in [4.69, 9.17) is 4.74 Å². The molecule has 4 rings (SSSR count). The summed E-state index contributed by atoms with van der Waals surface area (Å²) in [6, 6.07) is 5.90. The Labute approximate surface area is 168 Å². The van der Waals surface area contributed by atoms with Crippen molar-refractivity contribution in [2.75, 3.05) is 24.6 Å². The molecule has 0 spiro atoms. The maximum Gasteiger partial charge on any atom is 0.265 e. The van der Waals surface area contributed by atoms with Crippen molar-refractivity contribution in [1.82, 2.24) is 4.90 Å². The lowest BCUT2D eigenvalue weighted by Crippen LogP contribution is -2.48. The maximum atomic E-state index is 13.5. The average molecular weight is 389 g/mol. The van der Waals surface area contributed by atoms with Gasteiger partial charge < -0.3 is 9.64 Å². The number of unbranched alkanes of at least 4 members (excludes halogenated alkanes) is 1. The van der Waals surface area contributed by atoms with Gasteiger partial charge in [0.25, 0.3) is 5.91 Å². The van der Waals surface area contributed by atoms with Crippen LogP contribution in [-0.2, 0) is 4.79 Å². The Morgan fingerprint density at radius 2 is 1.96 bits per heavy atom. The van der Waals surface area contributed by atoms with Gasteiger partial charge in [0.2, 0.25) is 0 Å². The molecule has 0 aromatic heterocycles. The van der Waals surface area contributed by atoms with Crippen LogP contribution in [-0.4, -0.2) is 42.6 Å². The van der Waals surface area contributed by atoms with Gasteiger partial charge in [-0.15, -0.1) is 0 Å². The zero-order valence-corrected chi connectivity index (χ0v) is 17.2. The molecule has 4 atom stereocenters. The van der Waals surface area contributed by atoms with Gasteiger partial charge in [0, 0.05) is 31.2 Å². The quantitative estimate of drug-likeness (QED) is 0.683. The third kappa shape index (κ3) is 4.05. The van der Waals surface area contributed by atoms with Crippen LogP contribution in [0.3, 0.4) is 0 Å². The van der Waals surface area contributed by atoms with E-state index >= 15 is 0 Å². The second-order valence-electron chi connectivity index (χ2n) is 9.07. The molecule has 28 heavy (non-hydrogen) atoms. The van der Waals surface area contributed by atoms with Crippen LogP contribution in [0.25, 0.3) is 0 Å². The standard InChI is InChI=1S/C23H33FN2O2/c1-3-4-5-17-10-19-7-8-20(11-17)25(19)13-16(2)14-26-21-9-6-18(24)12-22(21)28-15-23(26)27/h6,9,12,16-17,19-20H,3-5,7-8,10-11,13-15H2,1-2H3/t16-,17?,19+,20?/m1/s1. The molecule has 3 aliphatic rings. The molecule has 2 saturated heterocycles. The number of nitrogens with zero attached hydrogens (tertiary/aromatic N) is 2. The minimum atomic E-state index is -0.330. The van der Waals surface area contributed by atoms with Crippen molar-refractivity contribution in [1.29, 1.82) is 0 Å². The van der Waals surface area contributed by atoms with Crippen molar-refractivity contribution in [2.24, 2.45) is 11.8 Å². The SMILES string of the molecule is CCCCC1CC2CC[C@@H](C1)N2C[C@@H](C)CN1C(=O)COc2cc(F)ccc21. The van der Waals surface area contributed by atoms with E-state index in [1.165, 1.54) is 57.1 Å². The molecule has 1 aromatic carbocycles. The summed E-state index contributed by atoms with van der Waals surface area (Å²) in [5.41, 5.74) is 0.700. The molecule has 0 saturated carbocycles. The van der Waals surface area contributed by atoms with E-state index in [-0.39, 0.29) is 18.3 Å². The highest BCUT2D eigenvalue weighted by molar-refractivity contribution is 5.97. The number of fused-ring (bicyclic) bond motifs is 3. The first-order valence-electron chi connectivity index (χ1n) is 11.0. The number of amides is 1. The third-order valence-electron chi connectivity index (χ3n) is 6.83. The number of hydrogen-bond donors (Lipinski definition) is 0. The third-order valence-corrected chi connectivity index (χ3v) is 6.83. The summed E-state index contributed by atoms with van der Waals surface area (Å²) in [5, 5.41) is 0. The number of piperidine rings is 1. The first-order valence-corrected chi connectivity index (χ1v) is 11.0. The summed E-state index contributed by atoms with van der Waals surface area (Å²) in [4.78, 5) is 17.0. The number of hydrogen-bond acceptors (Lipinski definition) is 3. The summed E-state index contributed by atoms with van der Waals surface area (Å²) in [6.45, 7) is 6.21. The highest BCUT2D eigenvalue weighted by Gasteiger charge is 2.41. The molecule has 1 aromatic rings. The van der Waals surface area contributed by atoms with Crippen molar-refractivity contribution >= 4 is 11.6 Å². The van der Waals surface area contributed by atoms with Crippen LogP contribution >= 0.6 is 0 Å². The Balaban J connectivity index is 1.38. The van der Waals surface area contributed by atoms with Crippen LogP contribution in [0.2, 0.25) is 0 Å². The zero-order valence-electron chi connectivity index (χ0n) is 17.2. The summed E-state index contributed by atoms with van der Waals surface area (Å²) in [6.07, 6.45) is 9.41. The molecule has 3 heterocycles. The maximum absolute atomic E-state index is 13.5. The van der Waals surface area contributed by atoms with Crippen molar-refractivity contribution < 1.29 is 13.9 Å². The van der Waals surface area contributed by atoms with E-state index < -0.39 is 0 Å². The fourth-order valence-corrected chi connectivity index (χ4v) is 5.52. The van der Waals surface area contributed by atoms with Crippen molar-refractivity contribution in [3.8, 4) is 5.75 Å². The molecule has 5 heteroatoms. The van der Waals surface area contributed by atoms with Crippen molar-refractivity contribution in [2.45, 2.75) is 70.9 Å². The number of ether oxygens (including phenoxy) is 1. The smallest absolute Gasteiger partial charge is 0.265 e. The van der Waals surface area contributed by atoms with Gasteiger partial charge in [0.1, 0.15) is 11.6 Å². The topological polar surface area (TPSA) is 32.8 Å². The molecule has 3 aliphatic heterocycles. The lowest BCUT2D eigenvalue weighted by Gasteiger charge is -2.41. The Kier molecular flexibility index (Phi) is 5.91. The van der Waals surface area contributed by atoms with E-state index in [0.717, 1.165) is 24.5 Å². The molecule has 0 aliphatic carbocycles. The molecule has 154 valence electrons. The first-order chi connectivity index (χ1) is 13.5. The predicted molar refractivity (Wildman–Crippen MR) is 109 cm³/mol. The van der Waals surface area contributed by atoms with Gasteiger partial charge in [-0.2, -0.15) is 0 Å². The number of carbonyl (C=O) groups is 1. The monoisotopic (exact) mass is 388 g/mol. The Morgan fingerprint density at radius 1 is 1.21 bits per heavy atom. The number of benzene rings is 1. The van der Waals surface area contributed by atoms with Gasteiger partial charge in [-0.1, -0.05) is 33.1 Å². The summed E-state index contributed by atoms with van der Waals surface area (Å²) < 4.78 is 18.9. The van der Waals surface area contributed by atoms with Gasteiger partial charge in [-0.25, -0.2) is 4.39 Å². The summed E-state index contributed by atoms with van der Waals surface area (Å²) in [5.74, 6) is 1.39. The lowest BCUT2D eigenvalue weighted by atomic mass is 9.86. The van der Waals surface area contributed by atoms with E-state index in [9.17, 15) is 9.18 Å². The Bertz CT molecular complexity index is 696. The predicted octanol–water partition coefficient (Wildman–Crippen LogP) is 4.62. The Hall–Kier alpha value is -1.62. The van der Waals surface area contributed by atoms with Crippen LogP contribution in [0.15, 0.2) is 18.2 Å². The zero-order chi connectivity index (χ0) is 19.7. The van der Waals surface area contributed by atoms with Crippen LogP contribution in [0.4, 0.5) is 10.1 Å². The fraction of sp³-hybridized carbons (Fsp3) is 0.696. The molecule has 2 fully saturated rings. The second kappa shape index (κ2) is 8.40. The Morgan fingerprint density at radius 3 is 2.68 bits per heavy atom. The first kappa shape index (κ1) is 19.7. The lowest BCUT2D eigenvalue weighted by molar-refractivity contribution is -0.121. The van der Waals surface area contributed by atoms with Gasteiger partial charge >= 0.3 is 0 Å². The van der Waals surface area contributed by atoms with E-state index in [0.29, 0.717) is 23.9 Å². The van der Waals surface area contributed by atoms with E-state index in [1.807, 2.05) is 0 Å². The molecule has 2 bridgehead atoms. The van der Waals surface area contributed by atoms with Crippen molar-refractivity contribution in [3.05, 3.63) is 24.0 Å². The largest absolute Gasteiger partial charge is 0.481 e. The van der Waals surface area contributed by atoms with Crippen molar-refractivity contribution in [3.63, 3.8) is 0 Å². The molecule has 1 amide bonds. The molecule has 0 N–H and O–H groups in total. The average Bonchev–Trinajstić information content (AvgIpc) is 2.90. The van der Waals surface area contributed by atoms with Crippen LogP contribution in [0.5, 0.6) is 5.75 Å². The second-order valence-corrected chi connectivity index (χ2v) is 9.07. The highest BCUT2D eigenvalue weighted by atomic mass is 19.1. The molecular formula is C23H33FN2O2. The molecule has 4 nitrogen and oxygen atoms in total. The molecular weight excluding hydrogens is 355 g/mol. The normalized spacial score (nSPS) is 28.2. The minimum Gasteiger partial charge on any atom is -0.481 e. The van der Waals surface area contributed by atoms with Gasteiger partial charge in [0.05, 0.1) is 5.69 Å². The van der Waals surface area contributed by atoms with Gasteiger partial charge in [0.15, 0.2) is 6.61 Å². The number of halogens is 1. The number of anilines is 1. The summed E-state index contributed by atoms with van der Waals surface area (Å²) >= 11 is 0. The van der Waals surface area contributed by atoms with Crippen LogP contribution in [0.1, 0.15) is 58.8 Å². The molecule has 0 radical (unpaired) electrons. The molecule has 2 unspecified atom stereocenters. The van der Waals surface area contributed by atoms with Gasteiger partial charge in [-0.3, -0.25) is 9.69 Å². The number of carbonyl (C=O) groups excluding carboxylic acids is 1. The fourth-order valence-electron chi connectivity index (χ4n) is 5.52. The van der Waals surface area contributed by atoms with E-state index in [1.54, 1.807) is 11.0 Å². The summed E-state index contributed by atoms with van der Waals surface area (Å²) in [7, 11) is 0. The highest BCUT2D eigenvalue weighted by Crippen LogP contribution is 2.41. The number of rotatable bonds is 7. The minimum absolute atomic E-state index is 0.00273. The van der Waals surface area contributed by atoms with E-state index in [2.05, 4.69) is 18.7 Å². The van der Waals surface area contributed by atoms with Crippen LogP contribution < -0.4 is 9.64 Å².